The van der Waals surface area contributed by atoms with Gasteiger partial charge in [-0.2, -0.15) is 0 Å². The number of furan rings is 1. The van der Waals surface area contributed by atoms with E-state index in [-0.39, 0.29) is 0 Å². The summed E-state index contributed by atoms with van der Waals surface area (Å²) >= 11 is 0. The van der Waals surface area contributed by atoms with Gasteiger partial charge >= 0.3 is 0 Å². The molecule has 0 amide bonds. The zero-order valence-electron chi connectivity index (χ0n) is 7.37. The van der Waals surface area contributed by atoms with Crippen molar-refractivity contribution in [2.45, 2.75) is 6.54 Å². The van der Waals surface area contributed by atoms with E-state index < -0.39 is 0 Å². The van der Waals surface area contributed by atoms with Crippen molar-refractivity contribution in [2.75, 3.05) is 7.05 Å². The van der Waals surface area contributed by atoms with E-state index in [9.17, 15) is 0 Å². The Kier molecular flexibility index (Phi) is 2.14. The van der Waals surface area contributed by atoms with Crippen LogP contribution in [0.1, 0.15) is 5.82 Å². The van der Waals surface area contributed by atoms with Gasteiger partial charge in [0.2, 0.25) is 0 Å². The predicted molar refractivity (Wildman–Crippen MR) is 49.1 cm³/mol. The average Bonchev–Trinajstić information content (AvgIpc) is 2.70. The maximum Gasteiger partial charge on any atom is 0.120 e. The molecule has 4 heteroatoms. The summed E-state index contributed by atoms with van der Waals surface area (Å²) in [4.78, 5) is 7.39. The van der Waals surface area contributed by atoms with Crippen LogP contribution in [0.2, 0.25) is 0 Å². The maximum atomic E-state index is 4.97. The summed E-state index contributed by atoms with van der Waals surface area (Å²) in [6, 6.07) is 1.90. The lowest BCUT2D eigenvalue weighted by molar-refractivity contribution is 0.568. The van der Waals surface area contributed by atoms with Crippen molar-refractivity contribution in [1.29, 1.82) is 0 Å². The SMILES string of the molecule is CNCc1ncc(-c2ccoc2)[nH]1. The molecule has 0 bridgehead atoms. The van der Waals surface area contributed by atoms with Crippen LogP contribution in [0.4, 0.5) is 0 Å². The Hall–Kier alpha value is -1.55. The molecular weight excluding hydrogens is 166 g/mol. The van der Waals surface area contributed by atoms with Gasteiger partial charge in [0, 0.05) is 5.56 Å². The van der Waals surface area contributed by atoms with Gasteiger partial charge in [-0.1, -0.05) is 0 Å². The fraction of sp³-hybridized carbons (Fsp3) is 0.222. The Morgan fingerprint density at radius 1 is 1.62 bits per heavy atom. The molecule has 0 aromatic carbocycles. The molecule has 68 valence electrons. The number of aromatic amines is 1. The summed E-state index contributed by atoms with van der Waals surface area (Å²) in [5.41, 5.74) is 2.01. The van der Waals surface area contributed by atoms with Crippen molar-refractivity contribution in [3.05, 3.63) is 30.6 Å². The lowest BCUT2D eigenvalue weighted by atomic mass is 10.3. The van der Waals surface area contributed by atoms with Crippen LogP contribution < -0.4 is 5.32 Å². The van der Waals surface area contributed by atoms with Crippen LogP contribution in [0.5, 0.6) is 0 Å². The van der Waals surface area contributed by atoms with Crippen molar-refractivity contribution < 1.29 is 4.42 Å². The molecule has 2 aromatic heterocycles. The molecule has 2 rings (SSSR count). The van der Waals surface area contributed by atoms with Gasteiger partial charge in [-0.3, -0.25) is 0 Å². The van der Waals surface area contributed by atoms with Crippen LogP contribution in [-0.4, -0.2) is 17.0 Å². The largest absolute Gasteiger partial charge is 0.472 e. The molecule has 0 radical (unpaired) electrons. The molecule has 0 atom stereocenters. The average molecular weight is 177 g/mol. The van der Waals surface area contributed by atoms with E-state index in [4.69, 9.17) is 4.42 Å². The van der Waals surface area contributed by atoms with Crippen molar-refractivity contribution in [1.82, 2.24) is 15.3 Å². The minimum Gasteiger partial charge on any atom is -0.472 e. The molecule has 2 heterocycles. The number of nitrogens with zero attached hydrogens (tertiary/aromatic N) is 1. The van der Waals surface area contributed by atoms with Crippen LogP contribution >= 0.6 is 0 Å². The summed E-state index contributed by atoms with van der Waals surface area (Å²) in [5, 5.41) is 3.03. The Bertz CT molecular complexity index is 364. The normalized spacial score (nSPS) is 10.5. The third kappa shape index (κ3) is 1.62. The first-order chi connectivity index (χ1) is 6.40. The number of nitrogens with one attached hydrogen (secondary N) is 2. The van der Waals surface area contributed by atoms with Gasteiger partial charge in [-0.25, -0.2) is 4.98 Å². The zero-order valence-corrected chi connectivity index (χ0v) is 7.37. The van der Waals surface area contributed by atoms with Gasteiger partial charge in [0.05, 0.1) is 31.0 Å². The summed E-state index contributed by atoms with van der Waals surface area (Å²) in [6.45, 7) is 0.748. The summed E-state index contributed by atoms with van der Waals surface area (Å²) in [6.07, 6.45) is 5.14. The van der Waals surface area contributed by atoms with Crippen LogP contribution in [0, 0.1) is 0 Å². The van der Waals surface area contributed by atoms with Gasteiger partial charge in [0.25, 0.3) is 0 Å². The van der Waals surface area contributed by atoms with Crippen LogP contribution in [0.25, 0.3) is 11.3 Å². The maximum absolute atomic E-state index is 4.97. The number of imidazole rings is 1. The van der Waals surface area contributed by atoms with Gasteiger partial charge in [0.15, 0.2) is 0 Å². The fourth-order valence-electron chi connectivity index (χ4n) is 1.18. The van der Waals surface area contributed by atoms with E-state index in [1.165, 1.54) is 0 Å². The highest BCUT2D eigenvalue weighted by Gasteiger charge is 2.02. The topological polar surface area (TPSA) is 53.9 Å². The zero-order chi connectivity index (χ0) is 9.10. The number of rotatable bonds is 3. The smallest absolute Gasteiger partial charge is 0.120 e. The van der Waals surface area contributed by atoms with E-state index in [1.807, 2.05) is 13.1 Å². The van der Waals surface area contributed by atoms with Gasteiger partial charge in [-0.15, -0.1) is 0 Å². The molecule has 0 spiro atoms. The summed E-state index contributed by atoms with van der Waals surface area (Å²) in [7, 11) is 1.89. The second-order valence-electron chi connectivity index (χ2n) is 2.79. The molecule has 0 unspecified atom stereocenters. The highest BCUT2D eigenvalue weighted by molar-refractivity contribution is 5.56. The Labute approximate surface area is 76.0 Å². The second-order valence-corrected chi connectivity index (χ2v) is 2.79. The first-order valence-electron chi connectivity index (χ1n) is 4.11. The Balaban J connectivity index is 2.23. The molecule has 0 aliphatic heterocycles. The summed E-state index contributed by atoms with van der Waals surface area (Å²) in [5.74, 6) is 0.929. The molecule has 2 N–H and O–H groups in total. The van der Waals surface area contributed by atoms with Gasteiger partial charge in [0.1, 0.15) is 5.82 Å². The van der Waals surface area contributed by atoms with Gasteiger partial charge in [-0.05, 0) is 13.1 Å². The standard InChI is InChI=1S/C9H11N3O/c1-10-5-9-11-4-8(12-9)7-2-3-13-6-7/h2-4,6,10H,5H2,1H3,(H,11,12). The predicted octanol–water partition coefficient (Wildman–Crippen LogP) is 1.39. The quantitative estimate of drug-likeness (QED) is 0.744. The third-order valence-electron chi connectivity index (χ3n) is 1.80. The summed E-state index contributed by atoms with van der Waals surface area (Å²) < 4.78 is 4.97. The molecule has 0 aliphatic carbocycles. The van der Waals surface area contributed by atoms with E-state index in [2.05, 4.69) is 15.3 Å². The van der Waals surface area contributed by atoms with E-state index in [0.29, 0.717) is 0 Å². The first kappa shape index (κ1) is 8.07. The molecule has 4 nitrogen and oxygen atoms in total. The van der Waals surface area contributed by atoms with E-state index >= 15 is 0 Å². The molecular formula is C9H11N3O. The van der Waals surface area contributed by atoms with E-state index in [1.54, 1.807) is 18.7 Å². The molecule has 2 aromatic rings. The molecule has 0 saturated carbocycles. The number of H-pyrrole nitrogens is 1. The minimum atomic E-state index is 0.748. The van der Waals surface area contributed by atoms with Crippen molar-refractivity contribution in [3.8, 4) is 11.3 Å². The van der Waals surface area contributed by atoms with Crippen molar-refractivity contribution >= 4 is 0 Å². The lowest BCUT2D eigenvalue weighted by Gasteiger charge is -1.92. The van der Waals surface area contributed by atoms with Crippen molar-refractivity contribution in [2.24, 2.45) is 0 Å². The monoisotopic (exact) mass is 177 g/mol. The first-order valence-corrected chi connectivity index (χ1v) is 4.11. The minimum absolute atomic E-state index is 0.748. The Morgan fingerprint density at radius 3 is 3.23 bits per heavy atom. The fourth-order valence-corrected chi connectivity index (χ4v) is 1.18. The highest BCUT2D eigenvalue weighted by atomic mass is 16.3. The molecule has 0 fully saturated rings. The van der Waals surface area contributed by atoms with Crippen LogP contribution in [-0.2, 0) is 6.54 Å². The molecule has 0 aliphatic rings. The molecule has 0 saturated heterocycles. The van der Waals surface area contributed by atoms with E-state index in [0.717, 1.165) is 23.6 Å². The van der Waals surface area contributed by atoms with Gasteiger partial charge < -0.3 is 14.7 Å². The van der Waals surface area contributed by atoms with Crippen LogP contribution in [0.3, 0.4) is 0 Å². The lowest BCUT2D eigenvalue weighted by Crippen LogP contribution is -2.06. The number of hydrogen-bond donors (Lipinski definition) is 2. The molecule has 13 heavy (non-hydrogen) atoms. The number of hydrogen-bond acceptors (Lipinski definition) is 3. The third-order valence-corrected chi connectivity index (χ3v) is 1.80. The number of aromatic nitrogens is 2. The Morgan fingerprint density at radius 2 is 2.54 bits per heavy atom. The van der Waals surface area contributed by atoms with Crippen LogP contribution in [0.15, 0.2) is 29.2 Å². The van der Waals surface area contributed by atoms with Crippen molar-refractivity contribution in [3.63, 3.8) is 0 Å². The second kappa shape index (κ2) is 3.45. The highest BCUT2D eigenvalue weighted by Crippen LogP contribution is 2.16.